The highest BCUT2D eigenvalue weighted by molar-refractivity contribution is 9.10. The van der Waals surface area contributed by atoms with Crippen molar-refractivity contribution in [2.75, 3.05) is 0 Å². The van der Waals surface area contributed by atoms with E-state index in [-0.39, 0.29) is 17.0 Å². The minimum Gasteiger partial charge on any atom is -0.305 e. The van der Waals surface area contributed by atoms with Crippen LogP contribution in [0.2, 0.25) is 4.34 Å². The number of aromatic nitrogens is 2. The first-order valence-corrected chi connectivity index (χ1v) is 8.12. The van der Waals surface area contributed by atoms with E-state index in [1.54, 1.807) is 36.4 Å². The summed E-state index contributed by atoms with van der Waals surface area (Å²) in [6.45, 7) is 0. The number of H-pyrrole nitrogens is 1. The quantitative estimate of drug-likeness (QED) is 0.654. The summed E-state index contributed by atoms with van der Waals surface area (Å²) in [6.07, 6.45) is 1.65. The van der Waals surface area contributed by atoms with Gasteiger partial charge in [0.15, 0.2) is 5.82 Å². The van der Waals surface area contributed by atoms with E-state index in [9.17, 15) is 10.1 Å². The molecular weight excluding hydrogens is 386 g/mol. The molecule has 0 atom stereocenters. The summed E-state index contributed by atoms with van der Waals surface area (Å²) in [5.74, 6) is 0.242. The molecule has 0 radical (unpaired) electrons. The van der Waals surface area contributed by atoms with E-state index >= 15 is 0 Å². The fourth-order valence-corrected chi connectivity index (χ4v) is 3.31. The van der Waals surface area contributed by atoms with Gasteiger partial charge in [-0.15, -0.1) is 11.3 Å². The molecule has 0 fully saturated rings. The number of nitrogens with one attached hydrogen (secondary N) is 1. The van der Waals surface area contributed by atoms with Gasteiger partial charge in [0.1, 0.15) is 6.07 Å². The van der Waals surface area contributed by atoms with Gasteiger partial charge in [0.2, 0.25) is 0 Å². The van der Waals surface area contributed by atoms with Crippen LogP contribution in [-0.2, 0) is 0 Å². The highest BCUT2D eigenvalue weighted by atomic mass is 79.9. The Labute approximate surface area is 142 Å². The predicted octanol–water partition coefficient (Wildman–Crippen LogP) is 4.46. The van der Waals surface area contributed by atoms with Crippen LogP contribution in [0.4, 0.5) is 0 Å². The van der Waals surface area contributed by atoms with E-state index in [0.29, 0.717) is 15.2 Å². The fraction of sp³-hybridized carbons (Fsp3) is 0. The Kier molecular flexibility index (Phi) is 4.12. The molecule has 0 aliphatic carbocycles. The lowest BCUT2D eigenvalue weighted by Crippen LogP contribution is -2.11. The number of allylic oxidation sites excluding steroid dienone is 1. The number of hydrogen-bond donors (Lipinski definition) is 1. The first-order chi connectivity index (χ1) is 10.6. The Morgan fingerprint density at radius 1 is 1.41 bits per heavy atom. The molecule has 0 spiro atoms. The normalized spacial score (nSPS) is 11.6. The number of thiophene rings is 1. The monoisotopic (exact) mass is 391 g/mol. The fourth-order valence-electron chi connectivity index (χ4n) is 1.94. The molecule has 0 aliphatic heterocycles. The third-order valence-electron chi connectivity index (χ3n) is 2.92. The van der Waals surface area contributed by atoms with Crippen LogP contribution in [0.25, 0.3) is 22.6 Å². The Balaban J connectivity index is 2.16. The zero-order valence-corrected chi connectivity index (χ0v) is 14.1. The third-order valence-corrected chi connectivity index (χ3v) is 4.59. The van der Waals surface area contributed by atoms with Crippen molar-refractivity contribution in [1.82, 2.24) is 9.97 Å². The summed E-state index contributed by atoms with van der Waals surface area (Å²) in [5.41, 5.74) is 0.527. The second kappa shape index (κ2) is 6.05. The number of aromatic amines is 1. The first-order valence-electron chi connectivity index (χ1n) is 6.14. The Morgan fingerprint density at radius 3 is 2.91 bits per heavy atom. The number of rotatable bonds is 2. The molecule has 2 heterocycles. The highest BCUT2D eigenvalue weighted by Crippen LogP contribution is 2.25. The van der Waals surface area contributed by atoms with Crippen LogP contribution in [0.3, 0.4) is 0 Å². The lowest BCUT2D eigenvalue weighted by atomic mass is 10.2. The second-order valence-electron chi connectivity index (χ2n) is 4.39. The summed E-state index contributed by atoms with van der Waals surface area (Å²) < 4.78 is 1.43. The molecule has 0 saturated heterocycles. The molecule has 0 unspecified atom stereocenters. The summed E-state index contributed by atoms with van der Waals surface area (Å²) >= 11 is 10.5. The van der Waals surface area contributed by atoms with Crippen molar-refractivity contribution in [3.63, 3.8) is 0 Å². The number of fused-ring (bicyclic) bond motifs is 1. The van der Waals surface area contributed by atoms with Crippen LogP contribution in [0, 0.1) is 11.3 Å². The standard InChI is InChI=1S/C15H7BrClN3OS/c16-9-1-3-12-11(6-9)15(21)20-14(19-12)8(7-18)5-10-2-4-13(17)22-10/h1-6H,(H,19,20,21)/b8-5+. The van der Waals surface area contributed by atoms with Crippen LogP contribution in [-0.4, -0.2) is 9.97 Å². The van der Waals surface area contributed by atoms with Crippen molar-refractivity contribution in [2.24, 2.45) is 0 Å². The van der Waals surface area contributed by atoms with E-state index in [1.165, 1.54) is 11.3 Å². The summed E-state index contributed by atoms with van der Waals surface area (Å²) in [5, 5.41) is 9.81. The number of hydrogen-bond acceptors (Lipinski definition) is 4. The van der Waals surface area contributed by atoms with Gasteiger partial charge < -0.3 is 4.98 Å². The average Bonchev–Trinajstić information content (AvgIpc) is 2.90. The molecule has 0 bridgehead atoms. The van der Waals surface area contributed by atoms with Crippen molar-refractivity contribution in [2.45, 2.75) is 0 Å². The predicted molar refractivity (Wildman–Crippen MR) is 92.9 cm³/mol. The van der Waals surface area contributed by atoms with Crippen molar-refractivity contribution in [3.05, 3.63) is 60.2 Å². The zero-order valence-electron chi connectivity index (χ0n) is 10.9. The molecule has 0 amide bonds. The molecule has 22 heavy (non-hydrogen) atoms. The van der Waals surface area contributed by atoms with Crippen molar-refractivity contribution >= 4 is 61.4 Å². The molecule has 0 aliphatic rings. The number of benzene rings is 1. The van der Waals surface area contributed by atoms with Gasteiger partial charge in [-0.05, 0) is 36.4 Å². The minimum atomic E-state index is -0.285. The molecule has 4 nitrogen and oxygen atoms in total. The van der Waals surface area contributed by atoms with Gasteiger partial charge in [-0.2, -0.15) is 5.26 Å². The molecule has 108 valence electrons. The number of nitriles is 1. The second-order valence-corrected chi connectivity index (χ2v) is 7.05. The molecular formula is C15H7BrClN3OS. The van der Waals surface area contributed by atoms with Crippen LogP contribution >= 0.6 is 38.9 Å². The van der Waals surface area contributed by atoms with Crippen molar-refractivity contribution < 1.29 is 0 Å². The van der Waals surface area contributed by atoms with Crippen molar-refractivity contribution in [1.29, 1.82) is 5.26 Å². The van der Waals surface area contributed by atoms with Crippen LogP contribution in [0.5, 0.6) is 0 Å². The maximum atomic E-state index is 12.2. The smallest absolute Gasteiger partial charge is 0.259 e. The van der Waals surface area contributed by atoms with Gasteiger partial charge in [-0.25, -0.2) is 4.98 Å². The summed E-state index contributed by atoms with van der Waals surface area (Å²) in [4.78, 5) is 20.0. The van der Waals surface area contributed by atoms with E-state index in [0.717, 1.165) is 9.35 Å². The molecule has 3 aromatic rings. The lowest BCUT2D eigenvalue weighted by Gasteiger charge is -2.02. The zero-order chi connectivity index (χ0) is 15.7. The Hall–Kier alpha value is -1.94. The van der Waals surface area contributed by atoms with Crippen molar-refractivity contribution in [3.8, 4) is 6.07 Å². The first kappa shape index (κ1) is 15.0. The molecule has 1 N–H and O–H groups in total. The third kappa shape index (κ3) is 2.97. The molecule has 7 heteroatoms. The van der Waals surface area contributed by atoms with Gasteiger partial charge >= 0.3 is 0 Å². The molecule has 2 aromatic heterocycles. The summed E-state index contributed by atoms with van der Waals surface area (Å²) in [7, 11) is 0. The average molecular weight is 393 g/mol. The maximum Gasteiger partial charge on any atom is 0.259 e. The van der Waals surface area contributed by atoms with Gasteiger partial charge in [-0.1, -0.05) is 27.5 Å². The Bertz CT molecular complexity index is 1000. The SMILES string of the molecule is N#C/C(=C\c1ccc(Cl)s1)c1nc2ccc(Br)cc2c(=O)[nH]1. The van der Waals surface area contributed by atoms with Gasteiger partial charge in [0.25, 0.3) is 5.56 Å². The van der Waals surface area contributed by atoms with E-state index in [1.807, 2.05) is 0 Å². The molecule has 0 saturated carbocycles. The van der Waals surface area contributed by atoms with Crippen LogP contribution in [0.1, 0.15) is 10.7 Å². The van der Waals surface area contributed by atoms with E-state index < -0.39 is 0 Å². The summed E-state index contributed by atoms with van der Waals surface area (Å²) in [6, 6.07) is 10.8. The van der Waals surface area contributed by atoms with E-state index in [4.69, 9.17) is 11.6 Å². The minimum absolute atomic E-state index is 0.242. The van der Waals surface area contributed by atoms with Gasteiger partial charge in [0.05, 0.1) is 20.8 Å². The molecule has 3 rings (SSSR count). The van der Waals surface area contributed by atoms with Crippen LogP contribution in [0.15, 0.2) is 39.6 Å². The molecule has 1 aromatic carbocycles. The van der Waals surface area contributed by atoms with E-state index in [2.05, 4.69) is 32.0 Å². The number of nitrogens with zero attached hydrogens (tertiary/aromatic N) is 2. The number of halogens is 2. The largest absolute Gasteiger partial charge is 0.305 e. The highest BCUT2D eigenvalue weighted by Gasteiger charge is 2.09. The van der Waals surface area contributed by atoms with Gasteiger partial charge in [-0.3, -0.25) is 4.79 Å². The lowest BCUT2D eigenvalue weighted by molar-refractivity contribution is 1.13. The Morgan fingerprint density at radius 2 is 2.23 bits per heavy atom. The van der Waals surface area contributed by atoms with Gasteiger partial charge in [0, 0.05) is 9.35 Å². The maximum absolute atomic E-state index is 12.2. The van der Waals surface area contributed by atoms with Crippen LogP contribution < -0.4 is 5.56 Å². The topological polar surface area (TPSA) is 69.5 Å².